The van der Waals surface area contributed by atoms with E-state index in [2.05, 4.69) is 25.4 Å². The first kappa shape index (κ1) is 20.4. The Labute approximate surface area is 189 Å². The fourth-order valence-corrected chi connectivity index (χ4v) is 3.36. The van der Waals surface area contributed by atoms with Gasteiger partial charge >= 0.3 is 0 Å². The van der Waals surface area contributed by atoms with Crippen molar-refractivity contribution in [2.45, 2.75) is 13.8 Å². The van der Waals surface area contributed by atoms with Crippen molar-refractivity contribution in [2.24, 2.45) is 0 Å². The van der Waals surface area contributed by atoms with Gasteiger partial charge in [0.1, 0.15) is 11.0 Å². The standard InChI is InChI=1S/C24H18N2O2.C2H3N3/c1-15-3-10-21-19(13-15)25-23(27-21)12-7-17-5-8-18(9-6-17)24-26-20-14-16(2)4-11-22(20)28-24;1-2-4-5-3-1/h3-14H,1-2H3;1-2H,(H,3,4,5)/b12-7+;. The van der Waals surface area contributed by atoms with Crippen LogP contribution in [-0.4, -0.2) is 25.4 Å². The van der Waals surface area contributed by atoms with Crippen molar-refractivity contribution in [1.82, 2.24) is 25.4 Å². The minimum atomic E-state index is 0.596. The maximum absolute atomic E-state index is 5.87. The second-order valence-corrected chi connectivity index (χ2v) is 7.63. The van der Waals surface area contributed by atoms with Crippen molar-refractivity contribution in [3.05, 3.63) is 95.6 Å². The summed E-state index contributed by atoms with van der Waals surface area (Å²) in [5.41, 5.74) is 7.69. The summed E-state index contributed by atoms with van der Waals surface area (Å²) < 4.78 is 11.6. The third-order valence-corrected chi connectivity index (χ3v) is 5.01. The molecule has 0 saturated heterocycles. The van der Waals surface area contributed by atoms with E-state index in [1.807, 2.05) is 86.7 Å². The van der Waals surface area contributed by atoms with Crippen LogP contribution in [-0.2, 0) is 0 Å². The predicted octanol–water partition coefficient (Wildman–Crippen LogP) is 6.23. The number of H-pyrrole nitrogens is 1. The van der Waals surface area contributed by atoms with Crippen molar-refractivity contribution in [3.8, 4) is 11.5 Å². The second-order valence-electron chi connectivity index (χ2n) is 7.63. The molecule has 1 N–H and O–H groups in total. The maximum Gasteiger partial charge on any atom is 0.227 e. The zero-order valence-electron chi connectivity index (χ0n) is 18.2. The summed E-state index contributed by atoms with van der Waals surface area (Å²) in [6, 6.07) is 20.1. The highest BCUT2D eigenvalue weighted by Gasteiger charge is 2.08. The molecule has 0 unspecified atom stereocenters. The van der Waals surface area contributed by atoms with E-state index < -0.39 is 0 Å². The van der Waals surface area contributed by atoms with Gasteiger partial charge in [0.25, 0.3) is 0 Å². The molecule has 3 heterocycles. The van der Waals surface area contributed by atoms with E-state index in [0.717, 1.165) is 33.3 Å². The summed E-state index contributed by atoms with van der Waals surface area (Å²) in [5, 5.41) is 9.33. The van der Waals surface area contributed by atoms with Gasteiger partial charge in [-0.3, -0.25) is 0 Å². The predicted molar refractivity (Wildman–Crippen MR) is 128 cm³/mol. The lowest BCUT2D eigenvalue weighted by atomic mass is 10.1. The van der Waals surface area contributed by atoms with Crippen molar-refractivity contribution >= 4 is 34.4 Å². The van der Waals surface area contributed by atoms with Gasteiger partial charge in [-0.1, -0.05) is 24.3 Å². The molecule has 6 aromatic rings. The van der Waals surface area contributed by atoms with Gasteiger partial charge in [0.15, 0.2) is 11.2 Å². The van der Waals surface area contributed by atoms with Crippen molar-refractivity contribution in [1.29, 1.82) is 0 Å². The zero-order valence-corrected chi connectivity index (χ0v) is 18.2. The van der Waals surface area contributed by atoms with Gasteiger partial charge in [-0.05, 0) is 73.0 Å². The highest BCUT2D eigenvalue weighted by atomic mass is 16.4. The molecule has 0 atom stereocenters. The van der Waals surface area contributed by atoms with Crippen molar-refractivity contribution in [3.63, 3.8) is 0 Å². The summed E-state index contributed by atoms with van der Waals surface area (Å²) in [4.78, 5) is 9.10. The van der Waals surface area contributed by atoms with Crippen LogP contribution in [0, 0.1) is 13.8 Å². The van der Waals surface area contributed by atoms with Crippen LogP contribution in [0.2, 0.25) is 0 Å². The van der Waals surface area contributed by atoms with E-state index in [9.17, 15) is 0 Å². The largest absolute Gasteiger partial charge is 0.437 e. The number of nitrogens with zero attached hydrogens (tertiary/aromatic N) is 4. The molecule has 0 fully saturated rings. The molecule has 3 aromatic heterocycles. The Hall–Kier alpha value is -4.52. The quantitative estimate of drug-likeness (QED) is 0.354. The van der Waals surface area contributed by atoms with Crippen molar-refractivity contribution < 1.29 is 8.83 Å². The van der Waals surface area contributed by atoms with E-state index in [-0.39, 0.29) is 0 Å². The summed E-state index contributed by atoms with van der Waals surface area (Å²) >= 11 is 0. The molecule has 0 saturated carbocycles. The van der Waals surface area contributed by atoms with E-state index in [0.29, 0.717) is 11.8 Å². The van der Waals surface area contributed by atoms with Gasteiger partial charge in [0, 0.05) is 11.6 Å². The molecule has 0 radical (unpaired) electrons. The average molecular weight is 435 g/mol. The number of nitrogens with one attached hydrogen (secondary N) is 1. The Balaban J connectivity index is 0.000000406. The van der Waals surface area contributed by atoms with Gasteiger partial charge in [-0.15, -0.1) is 0 Å². The van der Waals surface area contributed by atoms with Crippen LogP contribution in [0.1, 0.15) is 22.6 Å². The molecule has 0 aliphatic heterocycles. The van der Waals surface area contributed by atoms with E-state index >= 15 is 0 Å². The van der Waals surface area contributed by atoms with Crippen LogP contribution in [0.15, 0.2) is 81.9 Å². The topological polar surface area (TPSA) is 93.6 Å². The molecule has 0 aliphatic carbocycles. The average Bonchev–Trinajstić information content (AvgIpc) is 3.58. The molecule has 3 aromatic carbocycles. The SMILES string of the molecule is Cc1ccc2oc(/C=C/c3ccc(-c4nc5cc(C)ccc5o4)cc3)nc2c1.c1cn[nH]n1. The first-order valence-electron chi connectivity index (χ1n) is 10.5. The number of fused-ring (bicyclic) bond motifs is 2. The fourth-order valence-electron chi connectivity index (χ4n) is 3.36. The maximum atomic E-state index is 5.87. The van der Waals surface area contributed by atoms with Gasteiger partial charge in [0.2, 0.25) is 11.8 Å². The molecule has 0 amide bonds. The molecule has 162 valence electrons. The van der Waals surface area contributed by atoms with Gasteiger partial charge < -0.3 is 8.83 Å². The normalized spacial score (nSPS) is 11.2. The molecule has 0 bridgehead atoms. The number of hydrogen-bond donors (Lipinski definition) is 1. The third kappa shape index (κ3) is 4.72. The van der Waals surface area contributed by atoms with Gasteiger partial charge in [-0.2, -0.15) is 15.4 Å². The van der Waals surface area contributed by atoms with Gasteiger partial charge in [0.05, 0.1) is 12.4 Å². The second kappa shape index (κ2) is 8.92. The van der Waals surface area contributed by atoms with Crippen LogP contribution >= 0.6 is 0 Å². The molecule has 7 heteroatoms. The van der Waals surface area contributed by atoms with Gasteiger partial charge in [-0.25, -0.2) is 9.97 Å². The number of oxazole rings is 2. The van der Waals surface area contributed by atoms with E-state index in [1.165, 1.54) is 11.1 Å². The Morgan fingerprint density at radius 2 is 1.33 bits per heavy atom. The Morgan fingerprint density at radius 3 is 1.97 bits per heavy atom. The minimum Gasteiger partial charge on any atom is -0.437 e. The lowest BCUT2D eigenvalue weighted by molar-refractivity contribution is 0.589. The molecule has 6 rings (SSSR count). The first-order valence-corrected chi connectivity index (χ1v) is 10.5. The molecule has 0 spiro atoms. The van der Waals surface area contributed by atoms with Crippen LogP contribution in [0.4, 0.5) is 0 Å². The highest BCUT2D eigenvalue weighted by Crippen LogP contribution is 2.25. The highest BCUT2D eigenvalue weighted by molar-refractivity contribution is 5.78. The summed E-state index contributed by atoms with van der Waals surface area (Å²) in [6.45, 7) is 4.09. The number of aryl methyl sites for hydroxylation is 2. The molecule has 7 nitrogen and oxygen atoms in total. The Bertz CT molecular complexity index is 1510. The monoisotopic (exact) mass is 435 g/mol. The smallest absolute Gasteiger partial charge is 0.227 e. The van der Waals surface area contributed by atoms with Crippen LogP contribution < -0.4 is 0 Å². The lowest BCUT2D eigenvalue weighted by Gasteiger charge is -1.96. The molecule has 33 heavy (non-hydrogen) atoms. The first-order chi connectivity index (χ1) is 16.1. The van der Waals surface area contributed by atoms with E-state index in [4.69, 9.17) is 8.83 Å². The third-order valence-electron chi connectivity index (χ3n) is 5.01. The van der Waals surface area contributed by atoms with Crippen LogP contribution in [0.25, 0.3) is 45.8 Å². The summed E-state index contributed by atoms with van der Waals surface area (Å²) in [5.74, 6) is 1.23. The number of aromatic amines is 1. The Kier molecular flexibility index (Phi) is 5.51. The molecular weight excluding hydrogens is 414 g/mol. The lowest BCUT2D eigenvalue weighted by Crippen LogP contribution is -1.78. The number of aromatic nitrogens is 5. The molecule has 0 aliphatic rings. The summed E-state index contributed by atoms with van der Waals surface area (Å²) in [6.07, 6.45) is 7.03. The Morgan fingerprint density at radius 1 is 0.697 bits per heavy atom. The van der Waals surface area contributed by atoms with Crippen molar-refractivity contribution in [2.75, 3.05) is 0 Å². The summed E-state index contributed by atoms with van der Waals surface area (Å²) in [7, 11) is 0. The van der Waals surface area contributed by atoms with Crippen LogP contribution in [0.3, 0.4) is 0 Å². The minimum absolute atomic E-state index is 0.596. The fraction of sp³-hybridized carbons (Fsp3) is 0.0769. The molecular formula is C26H21N5O2. The number of benzene rings is 3. The number of rotatable bonds is 3. The zero-order chi connectivity index (χ0) is 22.6. The van der Waals surface area contributed by atoms with E-state index in [1.54, 1.807) is 12.4 Å². The van der Waals surface area contributed by atoms with Crippen LogP contribution in [0.5, 0.6) is 0 Å². The number of hydrogen-bond acceptors (Lipinski definition) is 6.